The molecule has 0 spiro atoms. The van der Waals surface area contributed by atoms with E-state index in [1.54, 1.807) is 18.0 Å². The second kappa shape index (κ2) is 8.02. The third kappa shape index (κ3) is 3.89. The second-order valence-electron chi connectivity index (χ2n) is 6.50. The fourth-order valence-electron chi connectivity index (χ4n) is 3.12. The van der Waals surface area contributed by atoms with Crippen molar-refractivity contribution < 1.29 is 13.8 Å². The van der Waals surface area contributed by atoms with E-state index < -0.39 is 0 Å². The lowest BCUT2D eigenvalue weighted by Crippen LogP contribution is -2.35. The number of nitrogens with two attached hydrogens (primary N) is 1. The Kier molecular flexibility index (Phi) is 5.12. The molecule has 1 aliphatic rings. The van der Waals surface area contributed by atoms with Gasteiger partial charge in [0.1, 0.15) is 5.69 Å². The van der Waals surface area contributed by atoms with Gasteiger partial charge in [0, 0.05) is 17.4 Å². The quantitative estimate of drug-likeness (QED) is 0.657. The summed E-state index contributed by atoms with van der Waals surface area (Å²) in [6.07, 6.45) is 3.89. The summed E-state index contributed by atoms with van der Waals surface area (Å²) in [5, 5.41) is 0. The van der Waals surface area contributed by atoms with Crippen molar-refractivity contribution in [2.45, 2.75) is 13.3 Å². The van der Waals surface area contributed by atoms with Gasteiger partial charge in [-0.1, -0.05) is 24.1 Å². The first-order valence-corrected chi connectivity index (χ1v) is 9.24. The van der Waals surface area contributed by atoms with Gasteiger partial charge >= 0.3 is 6.09 Å². The first-order valence-electron chi connectivity index (χ1n) is 9.24. The molecule has 1 amide bonds. The van der Waals surface area contributed by atoms with E-state index in [1.165, 1.54) is 0 Å². The number of fused-ring (bicyclic) bond motifs is 1. The van der Waals surface area contributed by atoms with Crippen LogP contribution in [0.15, 0.2) is 36.5 Å². The van der Waals surface area contributed by atoms with Crippen LogP contribution in [0, 0.1) is 11.8 Å². The maximum Gasteiger partial charge on any atom is 0.411 e. The Morgan fingerprint density at radius 2 is 2.24 bits per heavy atom. The van der Waals surface area contributed by atoms with Gasteiger partial charge in [-0.2, -0.15) is 0 Å². The molecule has 3 heterocycles. The first kappa shape index (κ1) is 18.5. The van der Waals surface area contributed by atoms with Crippen LogP contribution in [0.1, 0.15) is 23.3 Å². The minimum Gasteiger partial charge on any atom is -0.436 e. The molecule has 152 valence electrons. The highest BCUT2D eigenvalue weighted by atomic mass is 16.6. The van der Waals surface area contributed by atoms with Gasteiger partial charge in [0.05, 0.1) is 22.9 Å². The number of hydrogen-bond acceptors (Lipinski definition) is 6. The van der Waals surface area contributed by atoms with Crippen molar-refractivity contribution in [1.29, 1.82) is 0 Å². The SMILES string of the molecule is CC#CCOC(=O)N1CC=C(c2cnc(N)c(-c3nc4ccccc4[nH]3)n2)CC1.[HH].[HH].[HH]. The molecule has 3 aromatic rings. The lowest BCUT2D eigenvalue weighted by molar-refractivity contribution is 0.118. The lowest BCUT2D eigenvalue weighted by atomic mass is 10.1. The number of aromatic amines is 1. The third-order valence-electron chi connectivity index (χ3n) is 4.66. The summed E-state index contributed by atoms with van der Waals surface area (Å²) in [5.41, 5.74) is 10.1. The topological polar surface area (TPSA) is 110 Å². The van der Waals surface area contributed by atoms with E-state index in [0.29, 0.717) is 36.8 Å². The minimum atomic E-state index is -0.366. The maximum atomic E-state index is 12.0. The average Bonchev–Trinajstić information content (AvgIpc) is 3.18. The number of carbonyl (C=O) groups excluding carboxylic acids is 1. The van der Waals surface area contributed by atoms with Gasteiger partial charge in [-0.25, -0.2) is 19.7 Å². The lowest BCUT2D eigenvalue weighted by Gasteiger charge is -2.25. The Morgan fingerprint density at radius 3 is 3.00 bits per heavy atom. The summed E-state index contributed by atoms with van der Waals surface area (Å²) in [5.74, 6) is 6.30. The van der Waals surface area contributed by atoms with E-state index >= 15 is 0 Å². The van der Waals surface area contributed by atoms with Crippen molar-refractivity contribution in [2.75, 3.05) is 25.4 Å². The van der Waals surface area contributed by atoms with Crippen LogP contribution in [0.25, 0.3) is 28.1 Å². The van der Waals surface area contributed by atoms with Crippen LogP contribution in [0.3, 0.4) is 0 Å². The number of para-hydroxylation sites is 2. The third-order valence-corrected chi connectivity index (χ3v) is 4.66. The molecule has 0 aliphatic carbocycles. The van der Waals surface area contributed by atoms with E-state index in [-0.39, 0.29) is 17.0 Å². The van der Waals surface area contributed by atoms with Crippen LogP contribution in [0.5, 0.6) is 0 Å². The van der Waals surface area contributed by atoms with Crippen LogP contribution < -0.4 is 5.73 Å². The van der Waals surface area contributed by atoms with Crippen molar-refractivity contribution >= 4 is 28.5 Å². The molecule has 1 aromatic carbocycles. The fraction of sp³-hybridized carbons (Fsp3) is 0.238. The molecule has 0 atom stereocenters. The van der Waals surface area contributed by atoms with Crippen molar-refractivity contribution in [2.24, 2.45) is 0 Å². The van der Waals surface area contributed by atoms with E-state index in [4.69, 9.17) is 10.5 Å². The molecule has 3 N–H and O–H groups in total. The van der Waals surface area contributed by atoms with E-state index in [0.717, 1.165) is 22.3 Å². The van der Waals surface area contributed by atoms with Crippen LogP contribution in [-0.2, 0) is 4.74 Å². The second-order valence-corrected chi connectivity index (χ2v) is 6.50. The van der Waals surface area contributed by atoms with Gasteiger partial charge < -0.3 is 20.4 Å². The molecule has 0 saturated carbocycles. The Labute approximate surface area is 172 Å². The van der Waals surface area contributed by atoms with Crippen LogP contribution in [0.2, 0.25) is 0 Å². The number of nitrogens with one attached hydrogen (secondary N) is 1. The van der Waals surface area contributed by atoms with Gasteiger partial charge in [0.25, 0.3) is 0 Å². The Balaban J connectivity index is 0.00000171. The number of nitrogens with zero attached hydrogens (tertiary/aromatic N) is 4. The molecule has 29 heavy (non-hydrogen) atoms. The highest BCUT2D eigenvalue weighted by molar-refractivity contribution is 5.81. The van der Waals surface area contributed by atoms with Gasteiger partial charge in [-0.3, -0.25) is 0 Å². The summed E-state index contributed by atoms with van der Waals surface area (Å²) in [7, 11) is 0. The molecule has 8 nitrogen and oxygen atoms in total. The van der Waals surface area contributed by atoms with Crippen LogP contribution in [0.4, 0.5) is 10.6 Å². The standard InChI is InChI=1S/C21H20N6O2.3H2/c1-2-3-12-29-21(28)27-10-8-14(9-11-27)17-13-23-19(22)18(24-17)20-25-15-6-4-5-7-16(15)26-20;;;/h4-8,13H,9-12H2,1H3,(H2,22,23)(H,25,26);3*1H. The van der Waals surface area contributed by atoms with Gasteiger partial charge in [-0.05, 0) is 31.1 Å². The molecular weight excluding hydrogens is 368 g/mol. The molecule has 8 heteroatoms. The van der Waals surface area contributed by atoms with Gasteiger partial charge in [-0.15, -0.1) is 5.92 Å². The number of H-pyrrole nitrogens is 1. The van der Waals surface area contributed by atoms with Crippen LogP contribution in [-0.4, -0.2) is 50.6 Å². The molecule has 0 fully saturated rings. The minimum absolute atomic E-state index is 0. The number of amides is 1. The molecular formula is C21H26N6O2. The number of rotatable bonds is 3. The van der Waals surface area contributed by atoms with Crippen LogP contribution >= 0.6 is 0 Å². The van der Waals surface area contributed by atoms with Crippen molar-refractivity contribution in [1.82, 2.24) is 24.8 Å². The smallest absolute Gasteiger partial charge is 0.411 e. The largest absolute Gasteiger partial charge is 0.436 e. The Hall–Kier alpha value is -3.86. The number of benzene rings is 1. The number of anilines is 1. The van der Waals surface area contributed by atoms with E-state index in [9.17, 15) is 4.79 Å². The zero-order chi connectivity index (χ0) is 20.2. The fourth-order valence-corrected chi connectivity index (χ4v) is 3.12. The van der Waals surface area contributed by atoms with Crippen molar-refractivity contribution in [3.05, 3.63) is 42.2 Å². The zero-order valence-electron chi connectivity index (χ0n) is 16.0. The highest BCUT2D eigenvalue weighted by Gasteiger charge is 2.21. The highest BCUT2D eigenvalue weighted by Crippen LogP contribution is 2.26. The number of nitrogen functional groups attached to an aromatic ring is 1. The Morgan fingerprint density at radius 1 is 1.38 bits per heavy atom. The van der Waals surface area contributed by atoms with Crippen molar-refractivity contribution in [3.63, 3.8) is 0 Å². The maximum absolute atomic E-state index is 12.0. The summed E-state index contributed by atoms with van der Waals surface area (Å²) in [6.45, 7) is 2.79. The Bertz CT molecular complexity index is 1140. The zero-order valence-corrected chi connectivity index (χ0v) is 16.0. The van der Waals surface area contributed by atoms with E-state index in [2.05, 4.69) is 31.8 Å². The van der Waals surface area contributed by atoms with Crippen molar-refractivity contribution in [3.8, 4) is 23.4 Å². The number of ether oxygens (including phenoxy) is 1. The number of aromatic nitrogens is 4. The average molecular weight is 394 g/mol. The summed E-state index contributed by atoms with van der Waals surface area (Å²) < 4.78 is 5.11. The molecule has 0 radical (unpaired) electrons. The normalized spacial score (nSPS) is 13.6. The predicted molar refractivity (Wildman–Crippen MR) is 117 cm³/mol. The van der Waals surface area contributed by atoms with Gasteiger partial charge in [0.15, 0.2) is 18.2 Å². The number of imidazole rings is 1. The first-order chi connectivity index (χ1) is 14.2. The molecule has 0 bridgehead atoms. The molecule has 4 rings (SSSR count). The summed E-state index contributed by atoms with van der Waals surface area (Å²) in [4.78, 5) is 30.5. The summed E-state index contributed by atoms with van der Waals surface area (Å²) >= 11 is 0. The monoisotopic (exact) mass is 394 g/mol. The summed E-state index contributed by atoms with van der Waals surface area (Å²) in [6, 6.07) is 7.74. The molecule has 2 aromatic heterocycles. The molecule has 1 aliphatic heterocycles. The van der Waals surface area contributed by atoms with E-state index in [1.807, 2.05) is 30.3 Å². The number of hydrogen-bond donors (Lipinski definition) is 2. The molecule has 0 unspecified atom stereocenters. The predicted octanol–water partition coefficient (Wildman–Crippen LogP) is 3.59. The van der Waals surface area contributed by atoms with Gasteiger partial charge in [0.2, 0.25) is 0 Å². The molecule has 0 saturated heterocycles. The number of carbonyl (C=O) groups is 1.